The van der Waals surface area contributed by atoms with Gasteiger partial charge < -0.3 is 9.47 Å². The molecule has 0 fully saturated rings. The fraction of sp³-hybridized carbons (Fsp3) is 0.462. The second-order valence-corrected chi connectivity index (χ2v) is 5.84. The maximum atomic E-state index is 11.5. The van der Waals surface area contributed by atoms with Gasteiger partial charge in [-0.15, -0.1) is 0 Å². The second-order valence-electron chi connectivity index (χ2n) is 4.78. The molecule has 0 radical (unpaired) electrons. The van der Waals surface area contributed by atoms with Gasteiger partial charge in [0, 0.05) is 17.2 Å². The minimum atomic E-state index is -0.562. The van der Waals surface area contributed by atoms with Gasteiger partial charge in [-0.05, 0) is 33.8 Å². The van der Waals surface area contributed by atoms with E-state index in [-0.39, 0.29) is 0 Å². The molecule has 6 nitrogen and oxygen atoms in total. The Kier molecular flexibility index (Phi) is 5.69. The van der Waals surface area contributed by atoms with E-state index in [1.165, 1.54) is 17.4 Å². The van der Waals surface area contributed by atoms with Gasteiger partial charge in [-0.25, -0.2) is 14.6 Å². The average Bonchev–Trinajstić information content (AvgIpc) is 2.71. The smallest absolute Gasteiger partial charge is 0.413 e. The Morgan fingerprint density at radius 1 is 1.45 bits per heavy atom. The molecule has 0 spiro atoms. The molecule has 1 heterocycles. The van der Waals surface area contributed by atoms with Gasteiger partial charge in [-0.2, -0.15) is 0 Å². The fourth-order valence-electron chi connectivity index (χ4n) is 1.15. The van der Waals surface area contributed by atoms with Gasteiger partial charge >= 0.3 is 12.1 Å². The number of nitrogens with one attached hydrogen (secondary N) is 1. The predicted molar refractivity (Wildman–Crippen MR) is 77.6 cm³/mol. The Labute approximate surface area is 121 Å². The van der Waals surface area contributed by atoms with Crippen molar-refractivity contribution in [1.29, 1.82) is 0 Å². The molecule has 1 N–H and O–H groups in total. The summed E-state index contributed by atoms with van der Waals surface area (Å²) in [5.74, 6) is -0.414. The zero-order valence-corrected chi connectivity index (χ0v) is 12.7. The number of nitrogens with zero attached hydrogens (tertiary/aromatic N) is 1. The Hall–Kier alpha value is -1.89. The van der Waals surface area contributed by atoms with Gasteiger partial charge in [-0.1, -0.05) is 11.3 Å². The summed E-state index contributed by atoms with van der Waals surface area (Å²) >= 11 is 1.23. The molecule has 0 aliphatic rings. The predicted octanol–water partition coefficient (Wildman–Crippen LogP) is 3.07. The number of anilines is 1. The van der Waals surface area contributed by atoms with Crippen LogP contribution in [0.2, 0.25) is 0 Å². The van der Waals surface area contributed by atoms with Gasteiger partial charge in [0.2, 0.25) is 0 Å². The molecule has 1 aromatic heterocycles. The van der Waals surface area contributed by atoms with Gasteiger partial charge in [0.1, 0.15) is 5.60 Å². The minimum Gasteiger partial charge on any atom is -0.463 e. The topological polar surface area (TPSA) is 77.5 Å². The van der Waals surface area contributed by atoms with Crippen LogP contribution in [0.25, 0.3) is 6.08 Å². The summed E-state index contributed by atoms with van der Waals surface area (Å²) in [4.78, 5) is 27.4. The van der Waals surface area contributed by atoms with Crippen molar-refractivity contribution in [3.8, 4) is 0 Å². The van der Waals surface area contributed by atoms with Crippen LogP contribution in [0, 0.1) is 0 Å². The molecule has 1 rings (SSSR count). The van der Waals surface area contributed by atoms with E-state index in [4.69, 9.17) is 9.47 Å². The molecule has 0 aliphatic heterocycles. The molecule has 1 amide bonds. The van der Waals surface area contributed by atoms with Crippen molar-refractivity contribution in [2.45, 2.75) is 33.3 Å². The van der Waals surface area contributed by atoms with Crippen LogP contribution in [0.4, 0.5) is 9.93 Å². The lowest BCUT2D eigenvalue weighted by molar-refractivity contribution is -0.137. The Bertz CT molecular complexity index is 503. The number of ether oxygens (including phenoxy) is 2. The van der Waals surface area contributed by atoms with Crippen LogP contribution in [0.3, 0.4) is 0 Å². The number of aromatic nitrogens is 1. The lowest BCUT2D eigenvalue weighted by Crippen LogP contribution is -2.27. The van der Waals surface area contributed by atoms with Crippen LogP contribution in [-0.4, -0.2) is 29.3 Å². The molecule has 1 aromatic rings. The molecule has 0 aliphatic carbocycles. The summed E-state index contributed by atoms with van der Waals surface area (Å²) in [7, 11) is 0. The zero-order chi connectivity index (χ0) is 15.2. The average molecular weight is 298 g/mol. The molecule has 110 valence electrons. The zero-order valence-electron chi connectivity index (χ0n) is 11.9. The first-order chi connectivity index (χ1) is 9.30. The fourth-order valence-corrected chi connectivity index (χ4v) is 1.86. The Morgan fingerprint density at radius 2 is 2.15 bits per heavy atom. The van der Waals surface area contributed by atoms with E-state index in [1.807, 2.05) is 0 Å². The van der Waals surface area contributed by atoms with E-state index < -0.39 is 17.7 Å². The lowest BCUT2D eigenvalue weighted by atomic mass is 10.2. The van der Waals surface area contributed by atoms with Crippen molar-refractivity contribution in [1.82, 2.24) is 4.98 Å². The highest BCUT2D eigenvalue weighted by atomic mass is 32.1. The summed E-state index contributed by atoms with van der Waals surface area (Å²) in [5.41, 5.74) is -0.562. The first kappa shape index (κ1) is 16.2. The van der Waals surface area contributed by atoms with Crippen molar-refractivity contribution in [3.63, 3.8) is 0 Å². The van der Waals surface area contributed by atoms with Crippen molar-refractivity contribution in [2.24, 2.45) is 0 Å². The number of thiazole rings is 1. The van der Waals surface area contributed by atoms with E-state index in [1.54, 1.807) is 40.0 Å². The van der Waals surface area contributed by atoms with Crippen LogP contribution in [-0.2, 0) is 14.3 Å². The van der Waals surface area contributed by atoms with E-state index >= 15 is 0 Å². The summed E-state index contributed by atoms with van der Waals surface area (Å²) in [6.45, 7) is 7.41. The molecule has 0 aromatic carbocycles. The maximum Gasteiger partial charge on any atom is 0.413 e. The summed E-state index contributed by atoms with van der Waals surface area (Å²) in [5, 5.41) is 2.93. The monoisotopic (exact) mass is 298 g/mol. The molecule has 0 bridgehead atoms. The number of esters is 1. The summed E-state index contributed by atoms with van der Waals surface area (Å²) in [6, 6.07) is 0. The van der Waals surface area contributed by atoms with Crippen molar-refractivity contribution in [3.05, 3.63) is 17.2 Å². The molecule has 0 unspecified atom stereocenters. The third kappa shape index (κ3) is 6.33. The molecular weight excluding hydrogens is 280 g/mol. The molecule has 0 saturated heterocycles. The summed E-state index contributed by atoms with van der Waals surface area (Å²) < 4.78 is 9.86. The first-order valence-electron chi connectivity index (χ1n) is 6.11. The largest absolute Gasteiger partial charge is 0.463 e. The molecular formula is C13H18N2O4S. The lowest BCUT2D eigenvalue weighted by Gasteiger charge is -2.18. The van der Waals surface area contributed by atoms with Crippen molar-refractivity contribution in [2.75, 3.05) is 11.9 Å². The van der Waals surface area contributed by atoms with E-state index in [0.29, 0.717) is 11.7 Å². The number of hydrogen-bond acceptors (Lipinski definition) is 6. The second kappa shape index (κ2) is 7.04. The Morgan fingerprint density at radius 3 is 2.75 bits per heavy atom. The van der Waals surface area contributed by atoms with Crippen LogP contribution in [0.1, 0.15) is 32.6 Å². The highest BCUT2D eigenvalue weighted by molar-refractivity contribution is 7.16. The van der Waals surface area contributed by atoms with E-state index in [0.717, 1.165) is 4.88 Å². The minimum absolute atomic E-state index is 0.331. The third-order valence-corrected chi connectivity index (χ3v) is 2.68. The van der Waals surface area contributed by atoms with Crippen LogP contribution < -0.4 is 5.32 Å². The van der Waals surface area contributed by atoms with E-state index in [9.17, 15) is 9.59 Å². The van der Waals surface area contributed by atoms with Crippen LogP contribution in [0.5, 0.6) is 0 Å². The molecule has 0 saturated carbocycles. The van der Waals surface area contributed by atoms with Crippen LogP contribution in [0.15, 0.2) is 12.3 Å². The van der Waals surface area contributed by atoms with Crippen molar-refractivity contribution >= 4 is 34.6 Å². The van der Waals surface area contributed by atoms with Crippen molar-refractivity contribution < 1.29 is 19.1 Å². The SMILES string of the molecule is CCOC(=O)/C=C/c1cnc(NC(=O)OC(C)(C)C)s1. The highest BCUT2D eigenvalue weighted by Gasteiger charge is 2.17. The molecule has 20 heavy (non-hydrogen) atoms. The van der Waals surface area contributed by atoms with Crippen LogP contribution >= 0.6 is 11.3 Å². The standard InChI is InChI=1S/C13H18N2O4S/c1-5-18-10(16)7-6-9-8-14-11(20-9)15-12(17)19-13(2,3)4/h6-8H,5H2,1-4H3,(H,14,15,17)/b7-6+. The number of carbonyl (C=O) groups is 2. The van der Waals surface area contributed by atoms with Gasteiger partial charge in [0.15, 0.2) is 5.13 Å². The third-order valence-electron chi connectivity index (χ3n) is 1.80. The number of carbonyl (C=O) groups excluding carboxylic acids is 2. The molecule has 7 heteroatoms. The number of rotatable bonds is 4. The van der Waals surface area contributed by atoms with Gasteiger partial charge in [0.25, 0.3) is 0 Å². The quantitative estimate of drug-likeness (QED) is 0.682. The maximum absolute atomic E-state index is 11.5. The summed E-state index contributed by atoms with van der Waals surface area (Å²) in [6.07, 6.45) is 3.88. The normalized spacial score (nSPS) is 11.4. The molecule has 0 atom stereocenters. The number of amides is 1. The van der Waals surface area contributed by atoms with Gasteiger partial charge in [-0.3, -0.25) is 5.32 Å². The van der Waals surface area contributed by atoms with Gasteiger partial charge in [0.05, 0.1) is 6.61 Å². The van der Waals surface area contributed by atoms with E-state index in [2.05, 4.69) is 10.3 Å². The number of hydrogen-bond donors (Lipinski definition) is 1. The highest BCUT2D eigenvalue weighted by Crippen LogP contribution is 2.20. The Balaban J connectivity index is 2.55. The first-order valence-corrected chi connectivity index (χ1v) is 6.92.